The van der Waals surface area contributed by atoms with Crippen molar-refractivity contribution < 1.29 is 4.79 Å². The summed E-state index contributed by atoms with van der Waals surface area (Å²) in [5.74, 6) is 1.17. The summed E-state index contributed by atoms with van der Waals surface area (Å²) in [7, 11) is 0. The molecule has 23 heavy (non-hydrogen) atoms. The van der Waals surface area contributed by atoms with E-state index >= 15 is 0 Å². The molecule has 0 bridgehead atoms. The zero-order valence-corrected chi connectivity index (χ0v) is 14.4. The van der Waals surface area contributed by atoms with E-state index in [1.807, 2.05) is 42.2 Å². The van der Waals surface area contributed by atoms with Crippen molar-refractivity contribution in [2.45, 2.75) is 20.3 Å². The van der Waals surface area contributed by atoms with E-state index in [9.17, 15) is 4.79 Å². The number of amides is 1. The number of rotatable bonds is 4. The Hall–Kier alpha value is -1.95. The van der Waals surface area contributed by atoms with Crippen molar-refractivity contribution in [1.29, 1.82) is 0 Å². The summed E-state index contributed by atoms with van der Waals surface area (Å²) < 4.78 is 4.47. The molecule has 0 aliphatic carbocycles. The number of aromatic nitrogens is 2. The fourth-order valence-corrected chi connectivity index (χ4v) is 3.39. The molecule has 1 amide bonds. The van der Waals surface area contributed by atoms with Crippen molar-refractivity contribution in [2.75, 3.05) is 31.1 Å². The number of piperazine rings is 1. The zero-order chi connectivity index (χ0) is 16.2. The van der Waals surface area contributed by atoms with Gasteiger partial charge in [0.15, 0.2) is 5.82 Å². The molecule has 1 atom stereocenters. The minimum absolute atomic E-state index is 0.118. The van der Waals surface area contributed by atoms with Crippen molar-refractivity contribution in [1.82, 2.24) is 14.3 Å². The van der Waals surface area contributed by atoms with Crippen LogP contribution in [-0.4, -0.2) is 46.3 Å². The number of anilines is 1. The molecule has 1 aliphatic heterocycles. The highest BCUT2D eigenvalue weighted by atomic mass is 32.1. The average Bonchev–Trinajstić information content (AvgIpc) is 3.11. The van der Waals surface area contributed by atoms with Crippen LogP contribution in [0.5, 0.6) is 0 Å². The monoisotopic (exact) mass is 330 g/mol. The number of hydrogen-bond acceptors (Lipinski definition) is 5. The minimum Gasteiger partial charge on any atom is -0.343 e. The molecule has 122 valence electrons. The van der Waals surface area contributed by atoms with Gasteiger partial charge in [-0.2, -0.15) is 9.36 Å². The molecule has 1 aliphatic rings. The first-order valence-electron chi connectivity index (χ1n) is 8.12. The smallest absolute Gasteiger partial charge is 0.225 e. The van der Waals surface area contributed by atoms with E-state index < -0.39 is 0 Å². The van der Waals surface area contributed by atoms with Crippen molar-refractivity contribution in [3.8, 4) is 11.4 Å². The molecule has 0 radical (unpaired) electrons. The lowest BCUT2D eigenvalue weighted by atomic mass is 10.1. The molecule has 1 unspecified atom stereocenters. The molecule has 1 aromatic carbocycles. The topological polar surface area (TPSA) is 49.3 Å². The summed E-state index contributed by atoms with van der Waals surface area (Å²) in [6, 6.07) is 10.0. The van der Waals surface area contributed by atoms with E-state index in [1.165, 1.54) is 11.5 Å². The van der Waals surface area contributed by atoms with Gasteiger partial charge in [-0.25, -0.2) is 0 Å². The van der Waals surface area contributed by atoms with Gasteiger partial charge in [-0.1, -0.05) is 44.2 Å². The van der Waals surface area contributed by atoms with Gasteiger partial charge in [0.2, 0.25) is 11.0 Å². The predicted octanol–water partition coefficient (Wildman–Crippen LogP) is 2.90. The molecule has 2 heterocycles. The molecule has 1 saturated heterocycles. The molecule has 6 heteroatoms. The van der Waals surface area contributed by atoms with Crippen molar-refractivity contribution in [3.05, 3.63) is 30.3 Å². The third-order valence-electron chi connectivity index (χ3n) is 4.34. The van der Waals surface area contributed by atoms with E-state index in [4.69, 9.17) is 0 Å². The lowest BCUT2D eigenvalue weighted by Crippen LogP contribution is -2.50. The number of hydrogen-bond donors (Lipinski definition) is 0. The summed E-state index contributed by atoms with van der Waals surface area (Å²) >= 11 is 1.43. The molecule has 0 N–H and O–H groups in total. The van der Waals surface area contributed by atoms with Gasteiger partial charge in [0, 0.05) is 49.2 Å². The fourth-order valence-electron chi connectivity index (χ4n) is 2.65. The SMILES string of the molecule is CCC(C)C(=O)N1CCN(c2nc(-c3ccccc3)ns2)CC1. The highest BCUT2D eigenvalue weighted by Gasteiger charge is 2.25. The van der Waals surface area contributed by atoms with Gasteiger partial charge in [0.1, 0.15) is 0 Å². The van der Waals surface area contributed by atoms with Crippen LogP contribution in [0.4, 0.5) is 5.13 Å². The number of nitrogens with zero attached hydrogens (tertiary/aromatic N) is 4. The number of carbonyl (C=O) groups excluding carboxylic acids is 1. The summed E-state index contributed by atoms with van der Waals surface area (Å²) in [4.78, 5) is 21.1. The van der Waals surface area contributed by atoms with Gasteiger partial charge in [0.25, 0.3) is 0 Å². The van der Waals surface area contributed by atoms with E-state index in [0.717, 1.165) is 49.1 Å². The Labute approximate surface area is 141 Å². The molecule has 0 spiro atoms. The second kappa shape index (κ2) is 7.08. The van der Waals surface area contributed by atoms with Crippen LogP contribution in [0.3, 0.4) is 0 Å². The Morgan fingerprint density at radius 3 is 2.57 bits per heavy atom. The summed E-state index contributed by atoms with van der Waals surface area (Å²) in [5, 5.41) is 0.944. The fraction of sp³-hybridized carbons (Fsp3) is 0.471. The maximum atomic E-state index is 12.2. The second-order valence-corrected chi connectivity index (χ2v) is 6.62. The van der Waals surface area contributed by atoms with E-state index in [1.54, 1.807) is 0 Å². The van der Waals surface area contributed by atoms with Crippen LogP contribution >= 0.6 is 11.5 Å². The maximum absolute atomic E-state index is 12.2. The van der Waals surface area contributed by atoms with Gasteiger partial charge >= 0.3 is 0 Å². The van der Waals surface area contributed by atoms with Gasteiger partial charge < -0.3 is 9.80 Å². The molecule has 5 nitrogen and oxygen atoms in total. The largest absolute Gasteiger partial charge is 0.343 e. The first-order chi connectivity index (χ1) is 11.2. The number of benzene rings is 1. The third-order valence-corrected chi connectivity index (χ3v) is 5.12. The van der Waals surface area contributed by atoms with Gasteiger partial charge in [-0.15, -0.1) is 0 Å². The Morgan fingerprint density at radius 1 is 1.22 bits per heavy atom. The first-order valence-corrected chi connectivity index (χ1v) is 8.89. The van der Waals surface area contributed by atoms with Crippen LogP contribution in [0.2, 0.25) is 0 Å². The highest BCUT2D eigenvalue weighted by Crippen LogP contribution is 2.24. The lowest BCUT2D eigenvalue weighted by Gasteiger charge is -2.35. The summed E-state index contributed by atoms with van der Waals surface area (Å²) in [6.45, 7) is 7.25. The summed E-state index contributed by atoms with van der Waals surface area (Å²) in [6.07, 6.45) is 0.899. The highest BCUT2D eigenvalue weighted by molar-refractivity contribution is 7.09. The summed E-state index contributed by atoms with van der Waals surface area (Å²) in [5.41, 5.74) is 1.04. The third kappa shape index (κ3) is 3.52. The van der Waals surface area contributed by atoms with Crippen LogP contribution in [0, 0.1) is 5.92 Å². The van der Waals surface area contributed by atoms with Gasteiger partial charge in [-0.3, -0.25) is 4.79 Å². The Kier molecular flexibility index (Phi) is 4.91. The van der Waals surface area contributed by atoms with Gasteiger partial charge in [0.05, 0.1) is 0 Å². The molecule has 1 aromatic heterocycles. The lowest BCUT2D eigenvalue weighted by molar-refractivity contribution is -0.135. The minimum atomic E-state index is 0.118. The van der Waals surface area contributed by atoms with Gasteiger partial charge in [-0.05, 0) is 6.42 Å². The van der Waals surface area contributed by atoms with Crippen molar-refractivity contribution in [3.63, 3.8) is 0 Å². The quantitative estimate of drug-likeness (QED) is 0.865. The Bertz CT molecular complexity index is 650. The number of carbonyl (C=O) groups is 1. The maximum Gasteiger partial charge on any atom is 0.225 e. The molecule has 2 aromatic rings. The van der Waals surface area contributed by atoms with Crippen LogP contribution in [0.1, 0.15) is 20.3 Å². The molecule has 3 rings (SSSR count). The van der Waals surface area contributed by atoms with Crippen LogP contribution in [-0.2, 0) is 4.79 Å². The van der Waals surface area contributed by atoms with E-state index in [0.29, 0.717) is 0 Å². The van der Waals surface area contributed by atoms with E-state index in [2.05, 4.69) is 21.2 Å². The first kappa shape index (κ1) is 15.9. The second-order valence-electron chi connectivity index (χ2n) is 5.89. The van der Waals surface area contributed by atoms with Crippen LogP contribution in [0.25, 0.3) is 11.4 Å². The molecule has 0 saturated carbocycles. The predicted molar refractivity (Wildman–Crippen MR) is 93.6 cm³/mol. The average molecular weight is 330 g/mol. The Morgan fingerprint density at radius 2 is 1.91 bits per heavy atom. The molecular formula is C17H22N4OS. The van der Waals surface area contributed by atoms with Crippen molar-refractivity contribution >= 4 is 22.6 Å². The van der Waals surface area contributed by atoms with Crippen molar-refractivity contribution in [2.24, 2.45) is 5.92 Å². The molecule has 1 fully saturated rings. The zero-order valence-electron chi connectivity index (χ0n) is 13.6. The molecular weight excluding hydrogens is 308 g/mol. The van der Waals surface area contributed by atoms with E-state index in [-0.39, 0.29) is 11.8 Å². The standard InChI is InChI=1S/C17H22N4OS/c1-3-13(2)16(22)20-9-11-21(12-10-20)17-18-15(19-23-17)14-7-5-4-6-8-14/h4-8,13H,3,9-12H2,1-2H3. The Balaban J connectivity index is 1.62. The van der Waals surface area contributed by atoms with Crippen LogP contribution < -0.4 is 4.90 Å². The normalized spacial score (nSPS) is 16.4. The van der Waals surface area contributed by atoms with Crippen LogP contribution in [0.15, 0.2) is 30.3 Å².